The number of aryl methyl sites for hydroxylation is 2. The molecule has 0 radical (unpaired) electrons. The van der Waals surface area contributed by atoms with Gasteiger partial charge in [0, 0.05) is 49.7 Å². The molecule has 1 aromatic heterocycles. The Labute approximate surface area is 182 Å². The molecule has 7 heteroatoms. The van der Waals surface area contributed by atoms with Crippen LogP contribution >= 0.6 is 0 Å². The minimum absolute atomic E-state index is 0.0941. The first-order valence-electron chi connectivity index (χ1n) is 10.9. The lowest BCUT2D eigenvalue weighted by Gasteiger charge is -2.35. The molecule has 2 heterocycles. The molecule has 0 saturated carbocycles. The number of nitrogens with one attached hydrogen (secondary N) is 1. The van der Waals surface area contributed by atoms with E-state index in [1.54, 1.807) is 29.7 Å². The summed E-state index contributed by atoms with van der Waals surface area (Å²) in [5.41, 5.74) is 4.17. The zero-order valence-electron chi connectivity index (χ0n) is 18.4. The first-order chi connectivity index (χ1) is 15.0. The van der Waals surface area contributed by atoms with E-state index in [9.17, 15) is 9.59 Å². The largest absolute Gasteiger partial charge is 0.369 e. The van der Waals surface area contributed by atoms with Crippen LogP contribution in [0.15, 0.2) is 47.3 Å². The van der Waals surface area contributed by atoms with Crippen molar-refractivity contribution in [2.75, 3.05) is 42.9 Å². The van der Waals surface area contributed by atoms with E-state index in [1.807, 2.05) is 19.1 Å². The van der Waals surface area contributed by atoms with Gasteiger partial charge < -0.3 is 19.7 Å². The lowest BCUT2D eigenvalue weighted by Crippen LogP contribution is -2.46. The Hall–Kier alpha value is -3.19. The number of carbonyl (C=O) groups is 1. The fourth-order valence-corrected chi connectivity index (χ4v) is 4.11. The number of fused-ring (bicyclic) bond motifs is 1. The minimum Gasteiger partial charge on any atom is -0.369 e. The van der Waals surface area contributed by atoms with Crippen molar-refractivity contribution in [3.05, 3.63) is 64.1 Å². The third-order valence-corrected chi connectivity index (χ3v) is 6.00. The van der Waals surface area contributed by atoms with E-state index in [0.29, 0.717) is 23.3 Å². The number of piperazine rings is 1. The Morgan fingerprint density at radius 3 is 2.35 bits per heavy atom. The molecule has 2 aromatic carbocycles. The van der Waals surface area contributed by atoms with Gasteiger partial charge in [0.1, 0.15) is 5.69 Å². The molecule has 4 rings (SSSR count). The summed E-state index contributed by atoms with van der Waals surface area (Å²) in [6.07, 6.45) is 0. The molecule has 3 aromatic rings. The second kappa shape index (κ2) is 8.89. The monoisotopic (exact) mass is 419 g/mol. The minimum atomic E-state index is -0.195. The summed E-state index contributed by atoms with van der Waals surface area (Å²) < 4.78 is 1.68. The molecule has 31 heavy (non-hydrogen) atoms. The summed E-state index contributed by atoms with van der Waals surface area (Å²) in [6, 6.07) is 13.3. The van der Waals surface area contributed by atoms with Crippen LogP contribution in [0.3, 0.4) is 0 Å². The van der Waals surface area contributed by atoms with Gasteiger partial charge in [-0.25, -0.2) is 4.98 Å². The summed E-state index contributed by atoms with van der Waals surface area (Å²) in [4.78, 5) is 34.3. The summed E-state index contributed by atoms with van der Waals surface area (Å²) in [6.45, 7) is 11.7. The fraction of sp³-hybridized carbons (Fsp3) is 0.375. The molecule has 1 N–H and O–H groups in total. The van der Waals surface area contributed by atoms with Crippen LogP contribution in [-0.4, -0.2) is 53.1 Å². The topological polar surface area (TPSA) is 70.5 Å². The van der Waals surface area contributed by atoms with Crippen molar-refractivity contribution < 1.29 is 4.79 Å². The molecule has 1 aliphatic rings. The van der Waals surface area contributed by atoms with Crippen molar-refractivity contribution in [2.45, 2.75) is 27.3 Å². The molecule has 0 atom stereocenters. The second-order valence-electron chi connectivity index (χ2n) is 7.87. The molecular formula is C24H29N5O2. The number of hydrogen-bond donors (Lipinski definition) is 1. The highest BCUT2D eigenvalue weighted by Crippen LogP contribution is 2.21. The van der Waals surface area contributed by atoms with E-state index >= 15 is 0 Å². The number of rotatable bonds is 5. The molecule has 0 spiro atoms. The molecule has 0 unspecified atom stereocenters. The smallest absolute Gasteiger partial charge is 0.272 e. The van der Waals surface area contributed by atoms with Crippen LogP contribution in [0.2, 0.25) is 0 Å². The molecule has 0 aliphatic carbocycles. The average molecular weight is 420 g/mol. The van der Waals surface area contributed by atoms with Gasteiger partial charge in [0.2, 0.25) is 0 Å². The molecule has 1 aliphatic heterocycles. The van der Waals surface area contributed by atoms with E-state index in [4.69, 9.17) is 0 Å². The molecule has 0 bridgehead atoms. The van der Waals surface area contributed by atoms with Crippen molar-refractivity contribution in [1.82, 2.24) is 14.5 Å². The Bertz CT molecular complexity index is 1150. The number of hydrogen-bond acceptors (Lipinski definition) is 5. The number of benzene rings is 2. The van der Waals surface area contributed by atoms with Crippen molar-refractivity contribution in [3.63, 3.8) is 0 Å². The Morgan fingerprint density at radius 1 is 1.00 bits per heavy atom. The number of carbonyl (C=O) groups excluding carboxylic acids is 1. The predicted molar refractivity (Wildman–Crippen MR) is 125 cm³/mol. The Balaban J connectivity index is 1.48. The van der Waals surface area contributed by atoms with Crippen LogP contribution in [0.4, 0.5) is 11.4 Å². The van der Waals surface area contributed by atoms with Gasteiger partial charge in [0.25, 0.3) is 11.5 Å². The first-order valence-corrected chi connectivity index (χ1v) is 10.9. The highest BCUT2D eigenvalue weighted by atomic mass is 16.1. The van der Waals surface area contributed by atoms with Gasteiger partial charge in [-0.15, -0.1) is 0 Å². The summed E-state index contributed by atoms with van der Waals surface area (Å²) in [7, 11) is 0. The van der Waals surface area contributed by atoms with Gasteiger partial charge in [0.05, 0.1) is 11.0 Å². The maximum absolute atomic E-state index is 12.8. The number of aromatic nitrogens is 2. The van der Waals surface area contributed by atoms with Gasteiger partial charge >= 0.3 is 0 Å². The normalized spacial score (nSPS) is 14.7. The van der Waals surface area contributed by atoms with E-state index in [-0.39, 0.29) is 11.5 Å². The molecule has 162 valence electrons. The van der Waals surface area contributed by atoms with Crippen LogP contribution in [0, 0.1) is 6.92 Å². The maximum atomic E-state index is 12.8. The second-order valence-corrected chi connectivity index (χ2v) is 7.87. The summed E-state index contributed by atoms with van der Waals surface area (Å²) in [5.74, 6) is -0.195. The highest BCUT2D eigenvalue weighted by molar-refractivity contribution is 6.06. The van der Waals surface area contributed by atoms with E-state index in [0.717, 1.165) is 43.9 Å². The van der Waals surface area contributed by atoms with Crippen molar-refractivity contribution >= 4 is 28.3 Å². The number of amides is 1. The van der Waals surface area contributed by atoms with Crippen molar-refractivity contribution in [2.24, 2.45) is 0 Å². The van der Waals surface area contributed by atoms with Gasteiger partial charge in [-0.2, -0.15) is 0 Å². The van der Waals surface area contributed by atoms with Crippen LogP contribution in [0.25, 0.3) is 11.0 Å². The Morgan fingerprint density at radius 2 is 1.71 bits per heavy atom. The SMILES string of the molecule is CCN1CCN(c2ccc(NC(=O)c3ccc4c(c3)nc(C)c(=O)n4CC)cc2)CC1. The lowest BCUT2D eigenvalue weighted by atomic mass is 10.1. The number of nitrogens with zero attached hydrogens (tertiary/aromatic N) is 4. The van der Waals surface area contributed by atoms with Gasteiger partial charge in [-0.05, 0) is 62.9 Å². The third kappa shape index (κ3) is 4.32. The molecular weight excluding hydrogens is 390 g/mol. The van der Waals surface area contributed by atoms with Crippen LogP contribution in [-0.2, 0) is 6.54 Å². The molecule has 1 amide bonds. The van der Waals surface area contributed by atoms with E-state index < -0.39 is 0 Å². The standard InChI is InChI=1S/C24H29N5O2/c1-4-27-12-14-28(15-13-27)20-9-7-19(8-10-20)26-23(30)18-6-11-22-21(16-18)25-17(3)24(31)29(22)5-2/h6-11,16H,4-5,12-15H2,1-3H3,(H,26,30). The van der Waals surface area contributed by atoms with Gasteiger partial charge in [-0.1, -0.05) is 6.92 Å². The first kappa shape index (κ1) is 21.1. The quantitative estimate of drug-likeness (QED) is 0.688. The number of anilines is 2. The van der Waals surface area contributed by atoms with Crippen molar-refractivity contribution in [1.29, 1.82) is 0 Å². The summed E-state index contributed by atoms with van der Waals surface area (Å²) in [5, 5.41) is 2.96. The van der Waals surface area contributed by atoms with Gasteiger partial charge in [-0.3, -0.25) is 9.59 Å². The average Bonchev–Trinajstić information content (AvgIpc) is 2.80. The fourth-order valence-electron chi connectivity index (χ4n) is 4.11. The zero-order chi connectivity index (χ0) is 22.0. The molecule has 1 saturated heterocycles. The highest BCUT2D eigenvalue weighted by Gasteiger charge is 2.16. The lowest BCUT2D eigenvalue weighted by molar-refractivity contribution is 0.102. The zero-order valence-corrected chi connectivity index (χ0v) is 18.4. The molecule has 1 fully saturated rings. The third-order valence-electron chi connectivity index (χ3n) is 6.00. The van der Waals surface area contributed by atoms with Gasteiger partial charge in [0.15, 0.2) is 0 Å². The summed E-state index contributed by atoms with van der Waals surface area (Å²) >= 11 is 0. The Kier molecular flexibility index (Phi) is 6.04. The van der Waals surface area contributed by atoms with Crippen LogP contribution in [0.1, 0.15) is 29.9 Å². The van der Waals surface area contributed by atoms with Crippen LogP contribution < -0.4 is 15.8 Å². The van der Waals surface area contributed by atoms with E-state index in [2.05, 4.69) is 39.2 Å². The van der Waals surface area contributed by atoms with E-state index in [1.165, 1.54) is 5.69 Å². The maximum Gasteiger partial charge on any atom is 0.272 e. The predicted octanol–water partition coefficient (Wildman–Crippen LogP) is 3.12. The molecule has 7 nitrogen and oxygen atoms in total. The van der Waals surface area contributed by atoms with Crippen LogP contribution in [0.5, 0.6) is 0 Å². The van der Waals surface area contributed by atoms with Crippen molar-refractivity contribution in [3.8, 4) is 0 Å². The number of likely N-dealkylation sites (N-methyl/N-ethyl adjacent to an activating group) is 1.